The molecule has 20 heavy (non-hydrogen) atoms. The summed E-state index contributed by atoms with van der Waals surface area (Å²) in [7, 11) is 1.55. The first-order valence-electron chi connectivity index (χ1n) is 5.78. The van der Waals surface area contributed by atoms with Gasteiger partial charge in [0.05, 0.1) is 17.7 Å². The Labute approximate surface area is 120 Å². The second-order valence-corrected chi connectivity index (χ2v) is 4.85. The molecule has 1 heterocycles. The van der Waals surface area contributed by atoms with Crippen LogP contribution in [0, 0.1) is 0 Å². The summed E-state index contributed by atoms with van der Waals surface area (Å²) in [6.07, 6.45) is 3.22. The molecule has 0 aliphatic heterocycles. The van der Waals surface area contributed by atoms with Gasteiger partial charge in [0, 0.05) is 11.9 Å². The maximum absolute atomic E-state index is 8.72. The largest absolute Gasteiger partial charge is 0.496 e. The molecular weight excluding hydrogens is 276 g/mol. The summed E-state index contributed by atoms with van der Waals surface area (Å²) in [6.45, 7) is 0. The summed E-state index contributed by atoms with van der Waals surface area (Å²) in [5, 5.41) is 12.6. The molecular formula is C13H14N4O2S. The number of aromatic nitrogens is 2. The van der Waals surface area contributed by atoms with Crippen LogP contribution in [0.4, 0.5) is 0 Å². The average Bonchev–Trinajstić information content (AvgIpc) is 2.52. The van der Waals surface area contributed by atoms with Crippen molar-refractivity contribution in [3.05, 3.63) is 47.9 Å². The number of nitrogens with two attached hydrogens (primary N) is 1. The minimum Gasteiger partial charge on any atom is -0.496 e. The molecule has 1 aromatic carbocycles. The summed E-state index contributed by atoms with van der Waals surface area (Å²) < 4.78 is 5.25. The Morgan fingerprint density at radius 1 is 1.45 bits per heavy atom. The third-order valence-corrected chi connectivity index (χ3v) is 3.61. The van der Waals surface area contributed by atoms with Crippen molar-refractivity contribution in [2.45, 2.75) is 10.8 Å². The van der Waals surface area contributed by atoms with Gasteiger partial charge in [-0.2, -0.15) is 0 Å². The number of benzene rings is 1. The number of methoxy groups -OCH3 is 1. The number of hydrogen-bond acceptors (Lipinski definition) is 6. The lowest BCUT2D eigenvalue weighted by molar-refractivity contribution is 0.318. The predicted molar refractivity (Wildman–Crippen MR) is 77.1 cm³/mol. The van der Waals surface area contributed by atoms with Crippen LogP contribution in [0.5, 0.6) is 5.75 Å². The van der Waals surface area contributed by atoms with Gasteiger partial charge in [-0.15, -0.1) is 11.8 Å². The van der Waals surface area contributed by atoms with Gasteiger partial charge < -0.3 is 15.7 Å². The number of rotatable bonds is 5. The molecule has 104 valence electrons. The van der Waals surface area contributed by atoms with Crippen LogP contribution in [0.15, 0.2) is 47.0 Å². The minimum absolute atomic E-state index is 0.0249. The van der Waals surface area contributed by atoms with Crippen LogP contribution in [0.2, 0.25) is 0 Å². The smallest absolute Gasteiger partial charge is 0.173 e. The van der Waals surface area contributed by atoms with Crippen LogP contribution in [-0.2, 0) is 5.75 Å². The first-order chi connectivity index (χ1) is 9.74. The molecule has 0 amide bonds. The molecule has 2 rings (SSSR count). The van der Waals surface area contributed by atoms with Gasteiger partial charge in [0.15, 0.2) is 5.84 Å². The zero-order valence-electron chi connectivity index (χ0n) is 10.9. The summed E-state index contributed by atoms with van der Waals surface area (Å²) in [6, 6.07) is 7.39. The Balaban J connectivity index is 2.14. The average molecular weight is 290 g/mol. The fourth-order valence-electron chi connectivity index (χ4n) is 1.61. The number of amidine groups is 1. The zero-order valence-corrected chi connectivity index (χ0v) is 11.7. The van der Waals surface area contributed by atoms with E-state index < -0.39 is 0 Å². The van der Waals surface area contributed by atoms with Gasteiger partial charge in [0.2, 0.25) is 0 Å². The van der Waals surface area contributed by atoms with Crippen LogP contribution < -0.4 is 10.5 Å². The molecule has 0 saturated carbocycles. The van der Waals surface area contributed by atoms with E-state index in [9.17, 15) is 0 Å². The highest BCUT2D eigenvalue weighted by Crippen LogP contribution is 2.25. The van der Waals surface area contributed by atoms with Gasteiger partial charge in [-0.1, -0.05) is 11.2 Å². The number of oxime groups is 1. The maximum atomic E-state index is 8.72. The van der Waals surface area contributed by atoms with E-state index in [1.807, 2.05) is 18.2 Å². The Kier molecular flexibility index (Phi) is 4.78. The van der Waals surface area contributed by atoms with E-state index in [1.54, 1.807) is 31.1 Å². The van der Waals surface area contributed by atoms with Crippen LogP contribution in [0.1, 0.15) is 11.1 Å². The molecule has 7 heteroatoms. The normalized spacial score (nSPS) is 11.3. The van der Waals surface area contributed by atoms with Gasteiger partial charge in [-0.25, -0.2) is 9.97 Å². The zero-order chi connectivity index (χ0) is 14.4. The molecule has 0 radical (unpaired) electrons. The third kappa shape index (κ3) is 3.39. The lowest BCUT2D eigenvalue weighted by Crippen LogP contribution is -2.14. The van der Waals surface area contributed by atoms with Crippen molar-refractivity contribution in [3.8, 4) is 5.75 Å². The summed E-state index contributed by atoms with van der Waals surface area (Å²) >= 11 is 1.60. The number of hydrogen-bond donors (Lipinski definition) is 2. The molecule has 1 aromatic heterocycles. The van der Waals surface area contributed by atoms with Crippen molar-refractivity contribution in [2.24, 2.45) is 10.9 Å². The van der Waals surface area contributed by atoms with Crippen molar-refractivity contribution in [2.75, 3.05) is 7.11 Å². The van der Waals surface area contributed by atoms with E-state index in [-0.39, 0.29) is 5.84 Å². The van der Waals surface area contributed by atoms with E-state index in [4.69, 9.17) is 15.7 Å². The van der Waals surface area contributed by atoms with Crippen molar-refractivity contribution >= 4 is 17.6 Å². The van der Waals surface area contributed by atoms with E-state index in [2.05, 4.69) is 15.1 Å². The van der Waals surface area contributed by atoms with Crippen molar-refractivity contribution in [1.82, 2.24) is 9.97 Å². The first kappa shape index (κ1) is 14.1. The molecule has 0 spiro atoms. The fourth-order valence-corrected chi connectivity index (χ4v) is 2.38. The summed E-state index contributed by atoms with van der Waals surface area (Å²) in [5.41, 5.74) is 7.20. The monoisotopic (exact) mass is 290 g/mol. The third-order valence-electron chi connectivity index (χ3n) is 2.59. The van der Waals surface area contributed by atoms with E-state index in [0.29, 0.717) is 11.3 Å². The fraction of sp³-hybridized carbons (Fsp3) is 0.154. The molecule has 0 aliphatic rings. The Hall–Kier alpha value is -2.28. The van der Waals surface area contributed by atoms with E-state index >= 15 is 0 Å². The second-order valence-electron chi connectivity index (χ2n) is 3.86. The van der Waals surface area contributed by atoms with Crippen LogP contribution in [0.3, 0.4) is 0 Å². The van der Waals surface area contributed by atoms with Crippen molar-refractivity contribution in [1.29, 1.82) is 0 Å². The lowest BCUT2D eigenvalue weighted by Gasteiger charge is -2.09. The summed E-state index contributed by atoms with van der Waals surface area (Å²) in [5.74, 6) is 1.34. The number of ether oxygens (including phenoxy) is 1. The lowest BCUT2D eigenvalue weighted by atomic mass is 10.1. The van der Waals surface area contributed by atoms with Crippen LogP contribution >= 0.6 is 11.8 Å². The molecule has 2 aromatic rings. The number of nitrogens with zero attached hydrogens (tertiary/aromatic N) is 3. The molecule has 0 saturated heterocycles. The molecule has 6 nitrogen and oxygen atoms in total. The summed E-state index contributed by atoms with van der Waals surface area (Å²) in [4.78, 5) is 8.02. The maximum Gasteiger partial charge on any atom is 0.173 e. The Morgan fingerprint density at radius 2 is 2.30 bits per heavy atom. The molecule has 3 N–H and O–H groups in total. The quantitative estimate of drug-likeness (QED) is 0.218. The SMILES string of the molecule is COc1cc(CSc2ccncn2)ccc1/C(N)=N/O. The molecule has 0 atom stereocenters. The van der Waals surface area contributed by atoms with Gasteiger partial charge in [0.1, 0.15) is 12.1 Å². The van der Waals surface area contributed by atoms with Gasteiger partial charge in [-0.05, 0) is 23.8 Å². The Morgan fingerprint density at radius 3 is 2.95 bits per heavy atom. The van der Waals surface area contributed by atoms with Gasteiger partial charge in [-0.3, -0.25) is 0 Å². The Bertz CT molecular complexity index is 605. The minimum atomic E-state index is 0.0249. The van der Waals surface area contributed by atoms with Crippen LogP contribution in [-0.4, -0.2) is 28.1 Å². The second kappa shape index (κ2) is 6.76. The molecule has 0 aliphatic carbocycles. The van der Waals surface area contributed by atoms with Gasteiger partial charge in [0.25, 0.3) is 0 Å². The van der Waals surface area contributed by atoms with Crippen molar-refractivity contribution < 1.29 is 9.94 Å². The predicted octanol–water partition coefficient (Wildman–Crippen LogP) is 1.87. The van der Waals surface area contributed by atoms with Crippen molar-refractivity contribution in [3.63, 3.8) is 0 Å². The van der Waals surface area contributed by atoms with E-state index in [0.717, 1.165) is 16.3 Å². The molecule has 0 bridgehead atoms. The standard InChI is InChI=1S/C13H14N4O2S/c1-19-11-6-9(2-3-10(11)13(14)17-18)7-20-12-4-5-15-8-16-12/h2-6,8,18H,7H2,1H3,(H2,14,17). The number of thioether (sulfide) groups is 1. The molecule has 0 fully saturated rings. The van der Waals surface area contributed by atoms with Gasteiger partial charge >= 0.3 is 0 Å². The topological polar surface area (TPSA) is 93.6 Å². The van der Waals surface area contributed by atoms with Crippen LogP contribution in [0.25, 0.3) is 0 Å². The highest BCUT2D eigenvalue weighted by atomic mass is 32.2. The molecule has 0 unspecified atom stereocenters. The highest BCUT2D eigenvalue weighted by Gasteiger charge is 2.09. The first-order valence-corrected chi connectivity index (χ1v) is 6.76. The van der Waals surface area contributed by atoms with E-state index in [1.165, 1.54) is 6.33 Å². The highest BCUT2D eigenvalue weighted by molar-refractivity contribution is 7.98.